The third-order valence-corrected chi connectivity index (χ3v) is 5.34. The summed E-state index contributed by atoms with van der Waals surface area (Å²) in [5, 5.41) is 11.9. The molecule has 0 radical (unpaired) electrons. The van der Waals surface area contributed by atoms with Crippen LogP contribution in [0.5, 0.6) is 0 Å². The molecule has 0 fully saturated rings. The summed E-state index contributed by atoms with van der Waals surface area (Å²) >= 11 is 0. The van der Waals surface area contributed by atoms with Crippen molar-refractivity contribution in [1.82, 2.24) is 9.55 Å². The fraction of sp³-hybridized carbons (Fsp3) is 0.0400. The Balaban J connectivity index is 2.18. The fourth-order valence-corrected chi connectivity index (χ4v) is 3.91. The van der Waals surface area contributed by atoms with Crippen LogP contribution < -0.4 is 21.7 Å². The number of rotatable bonds is 5. The number of hydrogen-bond acceptors (Lipinski definition) is 3. The molecule has 160 valence electrons. The van der Waals surface area contributed by atoms with E-state index in [1.165, 1.54) is 23.0 Å². The minimum Gasteiger partial charge on any atom is -0.477 e. The van der Waals surface area contributed by atoms with Crippen LogP contribution in [0.2, 0.25) is 0 Å². The molecule has 2 heterocycles. The SMILES string of the molecule is C=c1/c(=C\C=C/N)ccc2c1c(-c1ccc[nH]c1=O)c(C(=O)O)n2Cc1ccccc1F. The number of hydrogen-bond donors (Lipinski definition) is 3. The van der Waals surface area contributed by atoms with Gasteiger partial charge in [-0.1, -0.05) is 36.9 Å². The van der Waals surface area contributed by atoms with Gasteiger partial charge in [-0.3, -0.25) is 4.79 Å². The van der Waals surface area contributed by atoms with Gasteiger partial charge in [-0.2, -0.15) is 0 Å². The number of benzene rings is 2. The average Bonchev–Trinajstić information content (AvgIpc) is 3.10. The Labute approximate surface area is 182 Å². The summed E-state index contributed by atoms with van der Waals surface area (Å²) < 4.78 is 15.9. The molecule has 0 spiro atoms. The molecule has 0 aliphatic heterocycles. The quantitative estimate of drug-likeness (QED) is 0.454. The Morgan fingerprint density at radius 2 is 1.97 bits per heavy atom. The topological polar surface area (TPSA) is 101 Å². The summed E-state index contributed by atoms with van der Waals surface area (Å²) in [6, 6.07) is 12.9. The second-order valence-electron chi connectivity index (χ2n) is 7.20. The Morgan fingerprint density at radius 1 is 1.19 bits per heavy atom. The summed E-state index contributed by atoms with van der Waals surface area (Å²) in [5.41, 5.74) is 6.19. The highest BCUT2D eigenvalue weighted by molar-refractivity contribution is 6.08. The van der Waals surface area contributed by atoms with Gasteiger partial charge in [0.2, 0.25) is 0 Å². The monoisotopic (exact) mass is 429 g/mol. The molecular formula is C25H20FN3O3. The summed E-state index contributed by atoms with van der Waals surface area (Å²) in [6.07, 6.45) is 6.23. The van der Waals surface area contributed by atoms with Gasteiger partial charge >= 0.3 is 5.97 Å². The van der Waals surface area contributed by atoms with E-state index in [9.17, 15) is 19.1 Å². The van der Waals surface area contributed by atoms with Gasteiger partial charge in [-0.15, -0.1) is 0 Å². The van der Waals surface area contributed by atoms with Gasteiger partial charge < -0.3 is 20.4 Å². The van der Waals surface area contributed by atoms with Gasteiger partial charge in [0.05, 0.1) is 17.6 Å². The van der Waals surface area contributed by atoms with Crippen LogP contribution >= 0.6 is 0 Å². The first-order valence-corrected chi connectivity index (χ1v) is 9.81. The van der Waals surface area contributed by atoms with Crippen molar-refractivity contribution in [2.24, 2.45) is 5.73 Å². The molecule has 4 N–H and O–H groups in total. The van der Waals surface area contributed by atoms with E-state index in [2.05, 4.69) is 11.6 Å². The number of fused-ring (bicyclic) bond motifs is 1. The van der Waals surface area contributed by atoms with E-state index in [0.717, 1.165) is 0 Å². The average molecular weight is 429 g/mol. The van der Waals surface area contributed by atoms with Crippen molar-refractivity contribution in [3.63, 3.8) is 0 Å². The van der Waals surface area contributed by atoms with Crippen LogP contribution in [0.1, 0.15) is 16.1 Å². The molecule has 32 heavy (non-hydrogen) atoms. The zero-order valence-electron chi connectivity index (χ0n) is 17.0. The number of halogens is 1. The molecule has 0 atom stereocenters. The number of pyridine rings is 1. The lowest BCUT2D eigenvalue weighted by molar-refractivity contribution is 0.0687. The lowest BCUT2D eigenvalue weighted by Gasteiger charge is -2.10. The number of aromatic nitrogens is 2. The molecule has 4 rings (SSSR count). The third-order valence-electron chi connectivity index (χ3n) is 5.34. The Bertz CT molecular complexity index is 1550. The number of carboxylic acid groups (broad SMARTS) is 1. The molecule has 0 saturated carbocycles. The summed E-state index contributed by atoms with van der Waals surface area (Å²) in [7, 11) is 0. The number of H-pyrrole nitrogens is 1. The number of aromatic amines is 1. The number of allylic oxidation sites excluding steroid dienone is 1. The number of carbonyl (C=O) groups is 1. The normalized spacial score (nSPS) is 12.1. The van der Waals surface area contributed by atoms with E-state index in [0.29, 0.717) is 26.9 Å². The lowest BCUT2D eigenvalue weighted by atomic mass is 10.0. The number of aromatic carboxylic acids is 1. The molecule has 6 nitrogen and oxygen atoms in total. The molecule has 0 amide bonds. The minimum atomic E-state index is -1.23. The standard InChI is InChI=1S/C25H20FN3O3/c1-15-16(7-4-12-27)10-11-20-21(15)22(18-8-5-13-28-24(18)30)23(25(31)32)29(20)14-17-6-2-3-9-19(17)26/h2-13H,1,14,27H2,(H,28,30)(H,31,32)/b12-4-,16-7-. The van der Waals surface area contributed by atoms with E-state index in [1.807, 2.05) is 0 Å². The molecule has 0 bridgehead atoms. The lowest BCUT2D eigenvalue weighted by Crippen LogP contribution is -2.23. The van der Waals surface area contributed by atoms with Crippen molar-refractivity contribution in [2.75, 3.05) is 0 Å². The van der Waals surface area contributed by atoms with E-state index in [-0.39, 0.29) is 23.4 Å². The first-order valence-electron chi connectivity index (χ1n) is 9.81. The molecular weight excluding hydrogens is 409 g/mol. The van der Waals surface area contributed by atoms with Crippen molar-refractivity contribution in [1.29, 1.82) is 0 Å². The second kappa shape index (κ2) is 8.39. The number of nitrogens with two attached hydrogens (primary N) is 1. The first-order chi connectivity index (χ1) is 15.4. The molecule has 0 saturated heterocycles. The van der Waals surface area contributed by atoms with Crippen LogP contribution in [-0.4, -0.2) is 20.6 Å². The van der Waals surface area contributed by atoms with Crippen LogP contribution in [0.15, 0.2) is 71.8 Å². The van der Waals surface area contributed by atoms with Crippen LogP contribution in [-0.2, 0) is 6.54 Å². The first kappa shape index (κ1) is 20.9. The highest BCUT2D eigenvalue weighted by atomic mass is 19.1. The molecule has 7 heteroatoms. The summed E-state index contributed by atoms with van der Waals surface area (Å²) in [4.78, 5) is 27.7. The maximum absolute atomic E-state index is 14.4. The molecule has 2 aromatic heterocycles. The maximum atomic E-state index is 14.4. The van der Waals surface area contributed by atoms with Crippen molar-refractivity contribution < 1.29 is 14.3 Å². The van der Waals surface area contributed by atoms with Crippen molar-refractivity contribution >= 4 is 29.5 Å². The van der Waals surface area contributed by atoms with Gasteiger partial charge in [0.25, 0.3) is 5.56 Å². The zero-order valence-corrected chi connectivity index (χ0v) is 17.0. The number of nitrogens with one attached hydrogen (secondary N) is 1. The van der Waals surface area contributed by atoms with Crippen molar-refractivity contribution in [2.45, 2.75) is 6.54 Å². The van der Waals surface area contributed by atoms with Crippen LogP contribution in [0.25, 0.3) is 34.7 Å². The molecule has 2 aromatic carbocycles. The van der Waals surface area contributed by atoms with E-state index in [4.69, 9.17) is 5.73 Å². The van der Waals surface area contributed by atoms with Gasteiger partial charge in [-0.05, 0) is 47.0 Å². The smallest absolute Gasteiger partial charge is 0.353 e. The molecule has 0 aliphatic rings. The van der Waals surface area contributed by atoms with Crippen LogP contribution in [0, 0.1) is 5.82 Å². The van der Waals surface area contributed by atoms with E-state index >= 15 is 0 Å². The zero-order chi connectivity index (χ0) is 22.8. The number of nitrogens with zero attached hydrogens (tertiary/aromatic N) is 1. The predicted molar refractivity (Wildman–Crippen MR) is 123 cm³/mol. The van der Waals surface area contributed by atoms with Gasteiger partial charge in [-0.25, -0.2) is 9.18 Å². The third kappa shape index (κ3) is 3.50. The van der Waals surface area contributed by atoms with Crippen molar-refractivity contribution in [3.8, 4) is 11.1 Å². The van der Waals surface area contributed by atoms with Gasteiger partial charge in [0.1, 0.15) is 11.5 Å². The second-order valence-corrected chi connectivity index (χ2v) is 7.20. The Morgan fingerprint density at radius 3 is 2.66 bits per heavy atom. The highest BCUT2D eigenvalue weighted by Gasteiger charge is 2.26. The molecule has 4 aromatic rings. The predicted octanol–water partition coefficient (Wildman–Crippen LogP) is 2.55. The molecule has 0 unspecified atom stereocenters. The van der Waals surface area contributed by atoms with E-state index in [1.54, 1.807) is 54.6 Å². The van der Waals surface area contributed by atoms with Crippen LogP contribution in [0.3, 0.4) is 0 Å². The Hall–Kier alpha value is -4.39. The van der Waals surface area contributed by atoms with Crippen LogP contribution in [0.4, 0.5) is 4.39 Å². The summed E-state index contributed by atoms with van der Waals surface area (Å²) in [5.74, 6) is -1.68. The summed E-state index contributed by atoms with van der Waals surface area (Å²) in [6.45, 7) is 4.13. The largest absolute Gasteiger partial charge is 0.477 e. The fourth-order valence-electron chi connectivity index (χ4n) is 3.91. The maximum Gasteiger partial charge on any atom is 0.353 e. The van der Waals surface area contributed by atoms with Gasteiger partial charge in [0.15, 0.2) is 0 Å². The number of carboxylic acids is 1. The Kier molecular flexibility index (Phi) is 5.47. The minimum absolute atomic E-state index is 0.0270. The van der Waals surface area contributed by atoms with E-state index < -0.39 is 17.3 Å². The van der Waals surface area contributed by atoms with Crippen molar-refractivity contribution in [3.05, 3.63) is 105 Å². The highest BCUT2D eigenvalue weighted by Crippen LogP contribution is 2.32. The van der Waals surface area contributed by atoms with Gasteiger partial charge in [0, 0.05) is 22.7 Å². The molecule has 0 aliphatic carbocycles.